The quantitative estimate of drug-likeness (QED) is 0.886. The molecule has 0 bridgehead atoms. The van der Waals surface area contributed by atoms with E-state index < -0.39 is 5.60 Å². The molecule has 0 saturated carbocycles. The van der Waals surface area contributed by atoms with Crippen LogP contribution in [0, 0.1) is 0 Å². The van der Waals surface area contributed by atoms with Crippen molar-refractivity contribution >= 4 is 0 Å². The Balaban J connectivity index is 1.82. The lowest BCUT2D eigenvalue weighted by molar-refractivity contribution is -0.0281. The average molecular weight is 279 g/mol. The summed E-state index contributed by atoms with van der Waals surface area (Å²) < 4.78 is 0. The van der Waals surface area contributed by atoms with Crippen LogP contribution in [0.4, 0.5) is 0 Å². The van der Waals surface area contributed by atoms with Gasteiger partial charge in [-0.3, -0.25) is 0 Å². The molecule has 2 aromatic carbocycles. The van der Waals surface area contributed by atoms with Crippen molar-refractivity contribution < 1.29 is 5.11 Å². The number of aryl methyl sites for hydroxylation is 1. The molecule has 2 nitrogen and oxygen atoms in total. The Morgan fingerprint density at radius 1 is 0.905 bits per heavy atom. The Labute approximate surface area is 125 Å². The van der Waals surface area contributed by atoms with Gasteiger partial charge in [0.05, 0.1) is 5.60 Å². The molecule has 0 fully saturated rings. The molecule has 0 aliphatic heterocycles. The first-order valence-electron chi connectivity index (χ1n) is 7.76. The van der Waals surface area contributed by atoms with Gasteiger partial charge >= 0.3 is 0 Å². The lowest BCUT2D eigenvalue weighted by Crippen LogP contribution is -2.55. The first-order chi connectivity index (χ1) is 10.2. The summed E-state index contributed by atoms with van der Waals surface area (Å²) in [6, 6.07) is 16.9. The van der Waals surface area contributed by atoms with Crippen molar-refractivity contribution in [3.05, 3.63) is 70.8 Å². The minimum absolute atomic E-state index is 0.303. The van der Waals surface area contributed by atoms with E-state index in [1.54, 1.807) is 0 Å². The molecule has 0 aromatic heterocycles. The Morgan fingerprint density at radius 2 is 1.48 bits per heavy atom. The number of hydrogen-bond acceptors (Lipinski definition) is 2. The van der Waals surface area contributed by atoms with Crippen LogP contribution in [-0.4, -0.2) is 17.3 Å². The van der Waals surface area contributed by atoms with Crippen LogP contribution in [0.1, 0.15) is 28.7 Å². The molecule has 2 heteroatoms. The predicted molar refractivity (Wildman–Crippen MR) is 84.3 cm³/mol. The van der Waals surface area contributed by atoms with Crippen molar-refractivity contribution in [2.24, 2.45) is 5.73 Å². The van der Waals surface area contributed by atoms with E-state index in [-0.39, 0.29) is 5.41 Å². The van der Waals surface area contributed by atoms with Gasteiger partial charge in [-0.25, -0.2) is 0 Å². The fourth-order valence-electron chi connectivity index (χ4n) is 4.51. The van der Waals surface area contributed by atoms with Crippen LogP contribution in [0.25, 0.3) is 0 Å². The van der Waals surface area contributed by atoms with Crippen LogP contribution in [0.5, 0.6) is 0 Å². The van der Waals surface area contributed by atoms with Crippen molar-refractivity contribution in [1.29, 1.82) is 0 Å². The highest BCUT2D eigenvalue weighted by Gasteiger charge is 2.55. The Kier molecular flexibility index (Phi) is 2.75. The smallest absolute Gasteiger partial charge is 0.0836 e. The third-order valence-corrected chi connectivity index (χ3v) is 5.68. The second-order valence-corrected chi connectivity index (χ2v) is 6.60. The van der Waals surface area contributed by atoms with Crippen molar-refractivity contribution in [3.8, 4) is 0 Å². The van der Waals surface area contributed by atoms with Gasteiger partial charge in [-0.15, -0.1) is 0 Å². The molecule has 2 aliphatic carbocycles. The molecule has 0 heterocycles. The fourth-order valence-corrected chi connectivity index (χ4v) is 4.51. The van der Waals surface area contributed by atoms with E-state index in [0.717, 1.165) is 12.8 Å². The molecule has 1 atom stereocenters. The number of nitrogens with two attached hydrogens (primary N) is 1. The minimum Gasteiger partial charge on any atom is -0.388 e. The summed E-state index contributed by atoms with van der Waals surface area (Å²) in [6.07, 6.45) is 3.41. The molecular formula is C19H21NO. The first-order valence-corrected chi connectivity index (χ1v) is 7.76. The van der Waals surface area contributed by atoms with Crippen LogP contribution < -0.4 is 5.73 Å². The number of aliphatic hydroxyl groups is 1. The van der Waals surface area contributed by atoms with Gasteiger partial charge in [0.1, 0.15) is 0 Å². The maximum absolute atomic E-state index is 11.5. The summed E-state index contributed by atoms with van der Waals surface area (Å²) in [4.78, 5) is 0. The maximum Gasteiger partial charge on any atom is 0.0836 e. The van der Waals surface area contributed by atoms with Crippen molar-refractivity contribution in [2.75, 3.05) is 6.54 Å². The predicted octanol–water partition coefficient (Wildman–Crippen LogP) is 2.36. The zero-order valence-corrected chi connectivity index (χ0v) is 12.2. The topological polar surface area (TPSA) is 46.2 Å². The number of hydrogen-bond donors (Lipinski definition) is 2. The second kappa shape index (κ2) is 4.43. The zero-order valence-electron chi connectivity index (χ0n) is 12.2. The summed E-state index contributed by atoms with van der Waals surface area (Å²) in [5.74, 6) is 0. The van der Waals surface area contributed by atoms with Gasteiger partial charge in [-0.05, 0) is 35.1 Å². The minimum atomic E-state index is -0.752. The van der Waals surface area contributed by atoms with Crippen molar-refractivity contribution in [2.45, 2.75) is 36.7 Å². The lowest BCUT2D eigenvalue weighted by Gasteiger charge is -2.43. The third-order valence-electron chi connectivity index (χ3n) is 5.68. The highest BCUT2D eigenvalue weighted by atomic mass is 16.3. The zero-order chi connectivity index (χ0) is 14.5. The van der Waals surface area contributed by atoms with Crippen LogP contribution >= 0.6 is 0 Å². The first kappa shape index (κ1) is 13.1. The second-order valence-electron chi connectivity index (χ2n) is 6.60. The molecular weight excluding hydrogens is 258 g/mol. The van der Waals surface area contributed by atoms with Crippen LogP contribution in [0.2, 0.25) is 0 Å². The highest BCUT2D eigenvalue weighted by molar-refractivity contribution is 5.47. The molecule has 21 heavy (non-hydrogen) atoms. The van der Waals surface area contributed by atoms with Gasteiger partial charge in [-0.2, -0.15) is 0 Å². The summed E-state index contributed by atoms with van der Waals surface area (Å²) in [6.45, 7) is 0.508. The maximum atomic E-state index is 11.5. The standard InChI is InChI=1S/C19H21NO/c20-13-18(10-9-14-5-3-4-8-17(14)18)19(21)11-15-6-1-2-7-16(15)12-19/h1-8,21H,9-13,20H2. The van der Waals surface area contributed by atoms with Crippen molar-refractivity contribution in [1.82, 2.24) is 0 Å². The average Bonchev–Trinajstić information content (AvgIpc) is 3.05. The molecule has 2 aromatic rings. The normalized spacial score (nSPS) is 25.6. The van der Waals surface area contributed by atoms with Gasteiger partial charge in [0.25, 0.3) is 0 Å². The van der Waals surface area contributed by atoms with E-state index in [4.69, 9.17) is 5.73 Å². The van der Waals surface area contributed by atoms with E-state index in [9.17, 15) is 5.11 Å². The molecule has 3 N–H and O–H groups in total. The van der Waals surface area contributed by atoms with Gasteiger partial charge < -0.3 is 10.8 Å². The monoisotopic (exact) mass is 279 g/mol. The SMILES string of the molecule is NCC1(C2(O)Cc3ccccc3C2)CCc2ccccc21. The fraction of sp³-hybridized carbons (Fsp3) is 0.368. The Hall–Kier alpha value is -1.64. The summed E-state index contributed by atoms with van der Waals surface area (Å²) >= 11 is 0. The number of rotatable bonds is 2. The van der Waals surface area contributed by atoms with Gasteiger partial charge in [0, 0.05) is 24.8 Å². The molecule has 0 amide bonds. The number of fused-ring (bicyclic) bond motifs is 2. The van der Waals surface area contributed by atoms with E-state index in [1.807, 2.05) is 0 Å². The van der Waals surface area contributed by atoms with Gasteiger partial charge in [-0.1, -0.05) is 48.5 Å². The lowest BCUT2D eigenvalue weighted by atomic mass is 9.66. The van der Waals surface area contributed by atoms with Gasteiger partial charge in [0.15, 0.2) is 0 Å². The molecule has 2 aliphatic rings. The number of benzene rings is 2. The van der Waals surface area contributed by atoms with Crippen LogP contribution in [-0.2, 0) is 24.7 Å². The van der Waals surface area contributed by atoms with Crippen LogP contribution in [0.3, 0.4) is 0 Å². The molecule has 108 valence electrons. The van der Waals surface area contributed by atoms with Gasteiger partial charge in [0.2, 0.25) is 0 Å². The highest BCUT2D eigenvalue weighted by Crippen LogP contribution is 2.50. The molecule has 1 unspecified atom stereocenters. The third kappa shape index (κ3) is 1.66. The van der Waals surface area contributed by atoms with Crippen molar-refractivity contribution in [3.63, 3.8) is 0 Å². The summed E-state index contributed by atoms with van der Waals surface area (Å²) in [5, 5.41) is 11.5. The van der Waals surface area contributed by atoms with E-state index in [0.29, 0.717) is 19.4 Å². The molecule has 4 rings (SSSR count). The largest absolute Gasteiger partial charge is 0.388 e. The summed E-state index contributed by atoms with van der Waals surface area (Å²) in [7, 11) is 0. The summed E-state index contributed by atoms with van der Waals surface area (Å²) in [5.41, 5.74) is 10.3. The van der Waals surface area contributed by atoms with Crippen LogP contribution in [0.15, 0.2) is 48.5 Å². The van der Waals surface area contributed by atoms with E-state index >= 15 is 0 Å². The molecule has 0 spiro atoms. The molecule has 0 radical (unpaired) electrons. The Morgan fingerprint density at radius 3 is 2.10 bits per heavy atom. The van der Waals surface area contributed by atoms with E-state index in [2.05, 4.69) is 48.5 Å². The molecule has 0 saturated heterocycles. The Bertz CT molecular complexity index is 668. The van der Waals surface area contributed by atoms with E-state index in [1.165, 1.54) is 22.3 Å².